The number of methoxy groups -OCH3 is 2. The van der Waals surface area contributed by atoms with Crippen LogP contribution in [0.2, 0.25) is 0 Å². The zero-order valence-electron chi connectivity index (χ0n) is 8.97. The Morgan fingerprint density at radius 3 is 2.53 bits per heavy atom. The lowest BCUT2D eigenvalue weighted by Gasteiger charge is -2.16. The van der Waals surface area contributed by atoms with Gasteiger partial charge in [-0.1, -0.05) is 23.3 Å². The van der Waals surface area contributed by atoms with Crippen LogP contribution in [0.4, 0.5) is 5.69 Å². The fraction of sp³-hybridized carbons (Fsp3) is 0.400. The molecule has 0 radical (unpaired) electrons. The van der Waals surface area contributed by atoms with Crippen LogP contribution in [-0.2, 0) is 9.47 Å². The highest BCUT2D eigenvalue weighted by Gasteiger charge is 2.14. The van der Waals surface area contributed by atoms with E-state index in [1.807, 2.05) is 25.1 Å². The second kappa shape index (κ2) is 5.36. The van der Waals surface area contributed by atoms with Crippen LogP contribution in [0, 0.1) is 6.92 Å². The lowest BCUT2D eigenvalue weighted by molar-refractivity contribution is -0.105. The SMILES string of the molecule is COC(OC)c1cccc(C)c1N=[N+]=[N-]. The maximum atomic E-state index is 8.47. The molecule has 1 aromatic rings. The Morgan fingerprint density at radius 2 is 2.00 bits per heavy atom. The first kappa shape index (κ1) is 11.5. The minimum absolute atomic E-state index is 0.509. The Hall–Kier alpha value is -1.55. The summed E-state index contributed by atoms with van der Waals surface area (Å²) in [6.45, 7) is 1.87. The molecule has 80 valence electrons. The van der Waals surface area contributed by atoms with Gasteiger partial charge in [-0.05, 0) is 18.0 Å². The van der Waals surface area contributed by atoms with Crippen molar-refractivity contribution in [1.29, 1.82) is 0 Å². The van der Waals surface area contributed by atoms with E-state index in [1.54, 1.807) is 0 Å². The molecule has 5 heteroatoms. The number of nitrogens with zero attached hydrogens (tertiary/aromatic N) is 3. The van der Waals surface area contributed by atoms with Crippen LogP contribution in [-0.4, -0.2) is 14.2 Å². The molecule has 0 amide bonds. The van der Waals surface area contributed by atoms with Crippen molar-refractivity contribution < 1.29 is 9.47 Å². The van der Waals surface area contributed by atoms with Crippen molar-refractivity contribution in [1.82, 2.24) is 0 Å². The molecule has 0 saturated heterocycles. The van der Waals surface area contributed by atoms with Crippen LogP contribution in [0.3, 0.4) is 0 Å². The Bertz CT molecular complexity index is 382. The van der Waals surface area contributed by atoms with Crippen LogP contribution >= 0.6 is 0 Å². The van der Waals surface area contributed by atoms with Gasteiger partial charge in [-0.2, -0.15) is 0 Å². The highest BCUT2D eigenvalue weighted by atomic mass is 16.7. The third kappa shape index (κ3) is 2.47. The van der Waals surface area contributed by atoms with Crippen molar-refractivity contribution in [2.45, 2.75) is 13.2 Å². The fourth-order valence-corrected chi connectivity index (χ4v) is 1.40. The number of aryl methyl sites for hydroxylation is 1. The molecular formula is C10H13N3O2. The minimum Gasteiger partial charge on any atom is -0.352 e. The Balaban J connectivity index is 3.26. The molecule has 0 heterocycles. The Labute approximate surface area is 88.3 Å². The lowest BCUT2D eigenvalue weighted by atomic mass is 10.1. The van der Waals surface area contributed by atoms with Crippen molar-refractivity contribution >= 4 is 5.69 Å². The van der Waals surface area contributed by atoms with Gasteiger partial charge in [0, 0.05) is 30.4 Å². The zero-order chi connectivity index (χ0) is 11.3. The van der Waals surface area contributed by atoms with Gasteiger partial charge in [0.05, 0.1) is 0 Å². The first-order valence-electron chi connectivity index (χ1n) is 4.44. The average molecular weight is 207 g/mol. The number of ether oxygens (including phenoxy) is 2. The number of rotatable bonds is 4. The highest BCUT2D eigenvalue weighted by molar-refractivity contribution is 5.52. The summed E-state index contributed by atoms with van der Waals surface area (Å²) in [4.78, 5) is 2.79. The highest BCUT2D eigenvalue weighted by Crippen LogP contribution is 2.31. The smallest absolute Gasteiger partial charge is 0.183 e. The predicted molar refractivity (Wildman–Crippen MR) is 56.7 cm³/mol. The van der Waals surface area contributed by atoms with E-state index in [0.29, 0.717) is 5.69 Å². The maximum Gasteiger partial charge on any atom is 0.183 e. The minimum atomic E-state index is -0.509. The third-order valence-corrected chi connectivity index (χ3v) is 2.10. The molecule has 1 aromatic carbocycles. The monoisotopic (exact) mass is 207 g/mol. The topological polar surface area (TPSA) is 67.2 Å². The van der Waals surface area contributed by atoms with E-state index in [-0.39, 0.29) is 0 Å². The number of hydrogen-bond donors (Lipinski definition) is 0. The van der Waals surface area contributed by atoms with Crippen LogP contribution in [0.1, 0.15) is 17.4 Å². The summed E-state index contributed by atoms with van der Waals surface area (Å²) >= 11 is 0. The molecule has 0 aliphatic rings. The fourth-order valence-electron chi connectivity index (χ4n) is 1.40. The molecule has 0 aliphatic heterocycles. The van der Waals surface area contributed by atoms with Gasteiger partial charge in [0.15, 0.2) is 6.29 Å². The van der Waals surface area contributed by atoms with Gasteiger partial charge in [0.2, 0.25) is 0 Å². The van der Waals surface area contributed by atoms with Gasteiger partial charge in [-0.3, -0.25) is 0 Å². The normalized spacial score (nSPS) is 10.1. The molecule has 15 heavy (non-hydrogen) atoms. The molecule has 0 spiro atoms. The summed E-state index contributed by atoms with van der Waals surface area (Å²) in [5.41, 5.74) is 10.7. The molecule has 0 unspecified atom stereocenters. The summed E-state index contributed by atoms with van der Waals surface area (Å²) in [6, 6.07) is 5.55. The molecular weight excluding hydrogens is 194 g/mol. The summed E-state index contributed by atoms with van der Waals surface area (Å²) in [5, 5.41) is 3.64. The molecule has 0 bridgehead atoms. The molecule has 1 rings (SSSR count). The number of hydrogen-bond acceptors (Lipinski definition) is 3. The largest absolute Gasteiger partial charge is 0.352 e. The third-order valence-electron chi connectivity index (χ3n) is 2.10. The van der Waals surface area contributed by atoms with E-state index in [0.717, 1.165) is 11.1 Å². The average Bonchev–Trinajstić information content (AvgIpc) is 2.24. The van der Waals surface area contributed by atoms with Crippen LogP contribution in [0.25, 0.3) is 10.4 Å². The second-order valence-corrected chi connectivity index (χ2v) is 3.01. The van der Waals surface area contributed by atoms with Crippen molar-refractivity contribution in [3.05, 3.63) is 39.8 Å². The number of benzene rings is 1. The van der Waals surface area contributed by atoms with Crippen LogP contribution in [0.5, 0.6) is 0 Å². The van der Waals surface area contributed by atoms with Gasteiger partial charge >= 0.3 is 0 Å². The Morgan fingerprint density at radius 1 is 1.33 bits per heavy atom. The maximum absolute atomic E-state index is 8.47. The molecule has 0 aromatic heterocycles. The van der Waals surface area contributed by atoms with E-state index in [1.165, 1.54) is 14.2 Å². The van der Waals surface area contributed by atoms with Crippen LogP contribution in [0.15, 0.2) is 23.3 Å². The first-order valence-corrected chi connectivity index (χ1v) is 4.44. The summed E-state index contributed by atoms with van der Waals surface area (Å²) < 4.78 is 10.2. The molecule has 5 nitrogen and oxygen atoms in total. The van der Waals surface area contributed by atoms with E-state index in [9.17, 15) is 0 Å². The second-order valence-electron chi connectivity index (χ2n) is 3.01. The van der Waals surface area contributed by atoms with Gasteiger partial charge in [0.25, 0.3) is 0 Å². The van der Waals surface area contributed by atoms with Crippen molar-refractivity contribution in [2.75, 3.05) is 14.2 Å². The van der Waals surface area contributed by atoms with Gasteiger partial charge in [-0.25, -0.2) is 0 Å². The van der Waals surface area contributed by atoms with Crippen molar-refractivity contribution in [2.24, 2.45) is 5.11 Å². The number of azide groups is 1. The van der Waals surface area contributed by atoms with E-state index < -0.39 is 6.29 Å². The quantitative estimate of drug-likeness (QED) is 0.329. The molecule has 0 N–H and O–H groups in total. The summed E-state index contributed by atoms with van der Waals surface area (Å²) in [5.74, 6) is 0. The molecule has 0 fully saturated rings. The summed E-state index contributed by atoms with van der Waals surface area (Å²) in [7, 11) is 3.08. The summed E-state index contributed by atoms with van der Waals surface area (Å²) in [6.07, 6.45) is -0.509. The van der Waals surface area contributed by atoms with E-state index in [4.69, 9.17) is 15.0 Å². The van der Waals surface area contributed by atoms with Gasteiger partial charge in [0.1, 0.15) is 0 Å². The van der Waals surface area contributed by atoms with Gasteiger partial charge in [-0.15, -0.1) is 0 Å². The predicted octanol–water partition coefficient (Wildman–Crippen LogP) is 3.23. The van der Waals surface area contributed by atoms with E-state index in [2.05, 4.69) is 10.0 Å². The molecule has 0 aliphatic carbocycles. The molecule has 0 saturated carbocycles. The first-order chi connectivity index (χ1) is 7.24. The Kier molecular flexibility index (Phi) is 4.12. The zero-order valence-corrected chi connectivity index (χ0v) is 8.97. The van der Waals surface area contributed by atoms with E-state index >= 15 is 0 Å². The van der Waals surface area contributed by atoms with Crippen LogP contribution < -0.4 is 0 Å². The van der Waals surface area contributed by atoms with Gasteiger partial charge < -0.3 is 9.47 Å². The lowest BCUT2D eigenvalue weighted by Crippen LogP contribution is -2.04. The van der Waals surface area contributed by atoms with Crippen molar-refractivity contribution in [3.8, 4) is 0 Å². The molecule has 0 atom stereocenters. The van der Waals surface area contributed by atoms with Crippen molar-refractivity contribution in [3.63, 3.8) is 0 Å². The standard InChI is InChI=1S/C10H13N3O2/c1-7-5-4-6-8(9(7)12-13-11)10(14-2)15-3/h4-6,10H,1-3H3.